The van der Waals surface area contributed by atoms with Crippen molar-refractivity contribution in [1.82, 2.24) is 9.97 Å². The Bertz CT molecular complexity index is 720. The molecule has 0 fully saturated rings. The number of Topliss-reactive ketones (excluding diaryl/α,β-unsaturated/α-hetero) is 1. The molecule has 4 N–H and O–H groups in total. The van der Waals surface area contributed by atoms with Crippen LogP contribution in [0.25, 0.3) is 0 Å². The number of hydrogen-bond acceptors (Lipinski definition) is 7. The zero-order valence-electron chi connectivity index (χ0n) is 14.1. The SMILES string of the molecule is CCOc1cc(Cc2cnc(N)nc2N)cc(OCC)c1C(C)=O. The fraction of sp³-hybridized carbons (Fsp3) is 0.353. The Balaban J connectivity index is 2.47. The van der Waals surface area contributed by atoms with E-state index in [9.17, 15) is 4.79 Å². The molecule has 1 aromatic heterocycles. The summed E-state index contributed by atoms with van der Waals surface area (Å²) >= 11 is 0. The van der Waals surface area contributed by atoms with E-state index in [2.05, 4.69) is 9.97 Å². The van der Waals surface area contributed by atoms with Crippen molar-refractivity contribution in [3.63, 3.8) is 0 Å². The molecule has 0 saturated carbocycles. The van der Waals surface area contributed by atoms with Crippen molar-refractivity contribution in [2.45, 2.75) is 27.2 Å². The number of benzene rings is 1. The van der Waals surface area contributed by atoms with Crippen LogP contribution in [-0.2, 0) is 6.42 Å². The largest absolute Gasteiger partial charge is 0.493 e. The second kappa shape index (κ2) is 7.63. The summed E-state index contributed by atoms with van der Waals surface area (Å²) in [5.41, 5.74) is 13.5. The Labute approximate surface area is 141 Å². The van der Waals surface area contributed by atoms with E-state index in [-0.39, 0.29) is 11.7 Å². The highest BCUT2D eigenvalue weighted by molar-refractivity contribution is 5.99. The van der Waals surface area contributed by atoms with Gasteiger partial charge in [0.2, 0.25) is 5.95 Å². The lowest BCUT2D eigenvalue weighted by Crippen LogP contribution is -2.08. The normalized spacial score (nSPS) is 10.5. The second-order valence-electron chi connectivity index (χ2n) is 5.20. The van der Waals surface area contributed by atoms with E-state index in [0.29, 0.717) is 42.5 Å². The molecule has 24 heavy (non-hydrogen) atoms. The van der Waals surface area contributed by atoms with E-state index in [1.165, 1.54) is 6.92 Å². The van der Waals surface area contributed by atoms with Crippen LogP contribution in [0.4, 0.5) is 11.8 Å². The van der Waals surface area contributed by atoms with Crippen molar-refractivity contribution in [3.8, 4) is 11.5 Å². The van der Waals surface area contributed by atoms with Gasteiger partial charge in [-0.25, -0.2) is 4.98 Å². The summed E-state index contributed by atoms with van der Waals surface area (Å²) in [6.07, 6.45) is 2.07. The molecule has 2 aromatic rings. The maximum absolute atomic E-state index is 12.0. The minimum Gasteiger partial charge on any atom is -0.493 e. The maximum Gasteiger partial charge on any atom is 0.221 e. The first-order chi connectivity index (χ1) is 11.5. The summed E-state index contributed by atoms with van der Waals surface area (Å²) in [5.74, 6) is 1.35. The number of ketones is 1. The van der Waals surface area contributed by atoms with Crippen molar-refractivity contribution < 1.29 is 14.3 Å². The molecule has 0 aliphatic carbocycles. The fourth-order valence-corrected chi connectivity index (χ4v) is 2.42. The molecule has 0 aliphatic rings. The predicted octanol–water partition coefficient (Wildman–Crippen LogP) is 2.23. The molecule has 0 aliphatic heterocycles. The molecule has 0 amide bonds. The number of rotatable bonds is 7. The maximum atomic E-state index is 12.0. The van der Waals surface area contributed by atoms with Crippen LogP contribution in [0.5, 0.6) is 11.5 Å². The van der Waals surface area contributed by atoms with Crippen molar-refractivity contribution in [2.75, 3.05) is 24.7 Å². The summed E-state index contributed by atoms with van der Waals surface area (Å²) < 4.78 is 11.3. The highest BCUT2D eigenvalue weighted by Crippen LogP contribution is 2.32. The number of nitrogens with two attached hydrogens (primary N) is 2. The number of carbonyl (C=O) groups is 1. The van der Waals surface area contributed by atoms with Crippen LogP contribution < -0.4 is 20.9 Å². The van der Waals surface area contributed by atoms with Crippen molar-refractivity contribution >= 4 is 17.5 Å². The molecule has 0 bridgehead atoms. The smallest absolute Gasteiger partial charge is 0.221 e. The first kappa shape index (κ1) is 17.5. The predicted molar refractivity (Wildman–Crippen MR) is 92.4 cm³/mol. The van der Waals surface area contributed by atoms with Crippen LogP contribution in [0, 0.1) is 0 Å². The quantitative estimate of drug-likeness (QED) is 0.748. The van der Waals surface area contributed by atoms with Crippen LogP contribution in [0.1, 0.15) is 42.3 Å². The Morgan fingerprint density at radius 1 is 1.12 bits per heavy atom. The lowest BCUT2D eigenvalue weighted by Gasteiger charge is -2.16. The summed E-state index contributed by atoms with van der Waals surface area (Å²) in [5, 5.41) is 0. The van der Waals surface area contributed by atoms with Crippen molar-refractivity contribution in [2.24, 2.45) is 0 Å². The fourth-order valence-electron chi connectivity index (χ4n) is 2.42. The summed E-state index contributed by atoms with van der Waals surface area (Å²) in [4.78, 5) is 19.9. The number of hydrogen-bond donors (Lipinski definition) is 2. The number of nitrogen functional groups attached to an aromatic ring is 2. The number of carbonyl (C=O) groups excluding carboxylic acids is 1. The van der Waals surface area contributed by atoms with Gasteiger partial charge in [-0.3, -0.25) is 4.79 Å². The van der Waals surface area contributed by atoms with Gasteiger partial charge in [0.25, 0.3) is 0 Å². The van der Waals surface area contributed by atoms with Gasteiger partial charge in [-0.15, -0.1) is 0 Å². The average Bonchev–Trinajstić information content (AvgIpc) is 2.50. The zero-order valence-corrected chi connectivity index (χ0v) is 14.1. The topological polar surface area (TPSA) is 113 Å². The van der Waals surface area contributed by atoms with Gasteiger partial charge >= 0.3 is 0 Å². The Morgan fingerprint density at radius 2 is 1.71 bits per heavy atom. The molecule has 128 valence electrons. The van der Waals surface area contributed by atoms with Gasteiger partial charge < -0.3 is 20.9 Å². The van der Waals surface area contributed by atoms with Crippen molar-refractivity contribution in [1.29, 1.82) is 0 Å². The number of aromatic nitrogens is 2. The number of nitrogens with zero attached hydrogens (tertiary/aromatic N) is 2. The third kappa shape index (κ3) is 3.92. The highest BCUT2D eigenvalue weighted by atomic mass is 16.5. The lowest BCUT2D eigenvalue weighted by atomic mass is 10.0. The number of ether oxygens (including phenoxy) is 2. The minimum absolute atomic E-state index is 0.108. The molecule has 7 heteroatoms. The van der Waals surface area contributed by atoms with Gasteiger partial charge in [0, 0.05) is 18.2 Å². The molecule has 7 nitrogen and oxygen atoms in total. The Hall–Kier alpha value is -2.83. The molecule has 1 heterocycles. The third-order valence-corrected chi connectivity index (χ3v) is 3.39. The van der Waals surface area contributed by atoms with Gasteiger partial charge in [0.05, 0.1) is 13.2 Å². The van der Waals surface area contributed by atoms with Crippen LogP contribution in [-0.4, -0.2) is 29.0 Å². The van der Waals surface area contributed by atoms with Gasteiger partial charge in [0.15, 0.2) is 5.78 Å². The molecular formula is C17H22N4O3. The standard InChI is InChI=1S/C17H22N4O3/c1-4-23-13-7-11(6-12-9-20-17(19)21-16(12)18)8-14(24-5-2)15(13)10(3)22/h7-9H,4-6H2,1-3H3,(H4,18,19,20,21). The van der Waals surface area contributed by atoms with E-state index in [0.717, 1.165) is 11.1 Å². The lowest BCUT2D eigenvalue weighted by molar-refractivity contribution is 0.101. The molecule has 0 unspecified atom stereocenters. The first-order valence-corrected chi connectivity index (χ1v) is 7.76. The van der Waals surface area contributed by atoms with Crippen molar-refractivity contribution in [3.05, 3.63) is 35.0 Å². The summed E-state index contributed by atoms with van der Waals surface area (Å²) in [6, 6.07) is 3.64. The van der Waals surface area contributed by atoms with Crippen LogP contribution >= 0.6 is 0 Å². The molecule has 0 spiro atoms. The first-order valence-electron chi connectivity index (χ1n) is 7.76. The molecular weight excluding hydrogens is 308 g/mol. The molecule has 0 saturated heterocycles. The van der Waals surface area contributed by atoms with Crippen LogP contribution in [0.3, 0.4) is 0 Å². The molecule has 1 aromatic carbocycles. The van der Waals surface area contributed by atoms with Gasteiger partial charge in [-0.1, -0.05) is 0 Å². The summed E-state index contributed by atoms with van der Waals surface area (Å²) in [6.45, 7) is 6.11. The summed E-state index contributed by atoms with van der Waals surface area (Å²) in [7, 11) is 0. The van der Waals surface area contributed by atoms with E-state index in [1.54, 1.807) is 6.20 Å². The van der Waals surface area contributed by atoms with Gasteiger partial charge in [-0.2, -0.15) is 4.98 Å². The zero-order chi connectivity index (χ0) is 17.7. The third-order valence-electron chi connectivity index (χ3n) is 3.39. The van der Waals surface area contributed by atoms with Crippen LogP contribution in [0.15, 0.2) is 18.3 Å². The Kier molecular flexibility index (Phi) is 5.57. The van der Waals surface area contributed by atoms with E-state index in [1.807, 2.05) is 26.0 Å². The molecule has 2 rings (SSSR count). The van der Waals surface area contributed by atoms with E-state index < -0.39 is 0 Å². The van der Waals surface area contributed by atoms with Gasteiger partial charge in [0.1, 0.15) is 22.9 Å². The molecule has 0 radical (unpaired) electrons. The van der Waals surface area contributed by atoms with Crippen LogP contribution in [0.2, 0.25) is 0 Å². The highest BCUT2D eigenvalue weighted by Gasteiger charge is 2.18. The Morgan fingerprint density at radius 3 is 2.17 bits per heavy atom. The van der Waals surface area contributed by atoms with E-state index in [4.69, 9.17) is 20.9 Å². The minimum atomic E-state index is -0.108. The average molecular weight is 330 g/mol. The number of anilines is 2. The molecule has 0 atom stereocenters. The van der Waals surface area contributed by atoms with E-state index >= 15 is 0 Å². The van der Waals surface area contributed by atoms with Gasteiger partial charge in [-0.05, 0) is 38.5 Å². The monoisotopic (exact) mass is 330 g/mol. The second-order valence-corrected chi connectivity index (χ2v) is 5.20.